The lowest BCUT2D eigenvalue weighted by atomic mass is 9.63. The summed E-state index contributed by atoms with van der Waals surface area (Å²) in [7, 11) is 0. The van der Waals surface area contributed by atoms with Gasteiger partial charge in [0.1, 0.15) is 0 Å². The molecule has 340 valence electrons. The molecule has 0 amide bonds. The predicted molar refractivity (Wildman–Crippen MR) is 301 cm³/mol. The fraction of sp³-hybridized carbons (Fsp3) is 0.0571. The maximum absolute atomic E-state index is 2.51. The Balaban J connectivity index is 0.871. The zero-order valence-corrected chi connectivity index (χ0v) is 40.3. The second kappa shape index (κ2) is 16.3. The summed E-state index contributed by atoms with van der Waals surface area (Å²) in [6.07, 6.45) is 0. The van der Waals surface area contributed by atoms with Gasteiger partial charge in [-0.05, 0) is 139 Å². The van der Waals surface area contributed by atoms with Crippen molar-refractivity contribution in [3.05, 3.63) is 300 Å². The van der Waals surface area contributed by atoms with Crippen molar-refractivity contribution in [3.63, 3.8) is 0 Å². The van der Waals surface area contributed by atoms with E-state index < -0.39 is 5.41 Å². The van der Waals surface area contributed by atoms with E-state index in [0.717, 1.165) is 17.1 Å². The van der Waals surface area contributed by atoms with Crippen LogP contribution in [-0.4, -0.2) is 4.57 Å². The quantitative estimate of drug-likeness (QED) is 0.147. The van der Waals surface area contributed by atoms with Crippen LogP contribution in [0.2, 0.25) is 0 Å². The minimum atomic E-state index is -0.557. The number of rotatable bonds is 8. The molecule has 2 aliphatic rings. The van der Waals surface area contributed by atoms with E-state index in [0.29, 0.717) is 0 Å². The van der Waals surface area contributed by atoms with Crippen molar-refractivity contribution in [1.29, 1.82) is 0 Å². The number of para-hydroxylation sites is 2. The molecule has 1 aliphatic carbocycles. The third-order valence-corrected chi connectivity index (χ3v) is 15.9. The van der Waals surface area contributed by atoms with E-state index in [1.807, 2.05) is 0 Å². The van der Waals surface area contributed by atoms with Crippen LogP contribution in [0.25, 0.3) is 72.0 Å². The third kappa shape index (κ3) is 6.28. The molecule has 0 unspecified atom stereocenters. The molecule has 0 bridgehead atoms. The smallest absolute Gasteiger partial charge is 0.0742 e. The van der Waals surface area contributed by atoms with Crippen molar-refractivity contribution >= 4 is 38.9 Å². The topological polar surface area (TPSA) is 8.17 Å². The van der Waals surface area contributed by atoms with Gasteiger partial charge in [0.15, 0.2) is 0 Å². The van der Waals surface area contributed by atoms with Crippen LogP contribution in [0.15, 0.2) is 267 Å². The third-order valence-electron chi connectivity index (χ3n) is 15.9. The normalized spacial score (nSPS) is 13.6. The monoisotopic (exact) mass is 918 g/mol. The number of anilines is 3. The van der Waals surface area contributed by atoms with Crippen LogP contribution in [0.1, 0.15) is 47.2 Å². The molecule has 72 heavy (non-hydrogen) atoms. The van der Waals surface area contributed by atoms with Crippen molar-refractivity contribution in [1.82, 2.24) is 4.57 Å². The Bertz CT molecular complexity index is 3980. The first-order chi connectivity index (χ1) is 35.5. The van der Waals surface area contributed by atoms with Gasteiger partial charge in [0.25, 0.3) is 0 Å². The van der Waals surface area contributed by atoms with E-state index in [2.05, 4.69) is 290 Å². The molecule has 14 rings (SSSR count). The van der Waals surface area contributed by atoms with Gasteiger partial charge in [-0.15, -0.1) is 0 Å². The Morgan fingerprint density at radius 1 is 0.319 bits per heavy atom. The summed E-state index contributed by atoms with van der Waals surface area (Å²) in [6.45, 7) is 4.71. The Hall–Kier alpha value is -8.98. The zero-order chi connectivity index (χ0) is 48.0. The molecule has 1 aliphatic heterocycles. The van der Waals surface area contributed by atoms with Crippen LogP contribution in [0.5, 0.6) is 0 Å². The molecule has 0 radical (unpaired) electrons. The van der Waals surface area contributed by atoms with Gasteiger partial charge in [-0.25, -0.2) is 0 Å². The molecule has 12 aromatic rings. The highest BCUT2D eigenvalue weighted by atomic mass is 15.1. The van der Waals surface area contributed by atoms with Crippen molar-refractivity contribution in [2.24, 2.45) is 0 Å². The molecule has 0 atom stereocenters. The standard InChI is InChI=1S/C70H50N2/c1-69(2)62-26-14-12-24-58(62)59-43-42-57(46-64(59)69)71(55-38-34-49(35-39-55)47-18-6-3-7-19-47)56-40-36-50(37-41-56)48-30-32-51(33-31-48)52-44-61-60-25-13-16-28-66(60)72-67-29-17-15-27-63(67)70(65(45-52)68(61)72,53-20-8-4-9-21-53)54-22-10-5-11-23-54/h3-46H,1-2H3. The molecule has 2 heteroatoms. The summed E-state index contributed by atoms with van der Waals surface area (Å²) >= 11 is 0. The van der Waals surface area contributed by atoms with Crippen molar-refractivity contribution in [2.75, 3.05) is 4.90 Å². The van der Waals surface area contributed by atoms with Gasteiger partial charge in [0.2, 0.25) is 0 Å². The lowest BCUT2D eigenvalue weighted by Crippen LogP contribution is -2.35. The van der Waals surface area contributed by atoms with Gasteiger partial charge in [0.05, 0.1) is 22.1 Å². The first kappa shape index (κ1) is 41.9. The molecule has 0 saturated carbocycles. The first-order valence-electron chi connectivity index (χ1n) is 25.2. The van der Waals surface area contributed by atoms with Gasteiger partial charge in [0, 0.05) is 33.2 Å². The van der Waals surface area contributed by atoms with E-state index in [1.54, 1.807) is 0 Å². The molecule has 0 saturated heterocycles. The fourth-order valence-corrected chi connectivity index (χ4v) is 12.5. The number of aromatic nitrogens is 1. The highest BCUT2D eigenvalue weighted by Gasteiger charge is 2.45. The molecule has 0 fully saturated rings. The van der Waals surface area contributed by atoms with Crippen LogP contribution in [0.3, 0.4) is 0 Å². The highest BCUT2D eigenvalue weighted by molar-refractivity contribution is 6.13. The SMILES string of the molecule is CC1(C)c2ccccc2-c2ccc(N(c3ccc(-c4ccccc4)cc3)c3ccc(-c4ccc(-c5cc6c7c(c5)c5ccccc5n7-c5ccccc5C6(c5ccccc5)c5ccccc5)cc4)cc3)cc21. The lowest BCUT2D eigenvalue weighted by Gasteiger charge is -2.42. The summed E-state index contributed by atoms with van der Waals surface area (Å²) < 4.78 is 2.51. The highest BCUT2D eigenvalue weighted by Crippen LogP contribution is 2.56. The predicted octanol–water partition coefficient (Wildman–Crippen LogP) is 18.3. The molecule has 0 N–H and O–H groups in total. The van der Waals surface area contributed by atoms with Crippen LogP contribution in [0, 0.1) is 0 Å². The minimum absolute atomic E-state index is 0.110. The Labute approximate surface area is 421 Å². The van der Waals surface area contributed by atoms with Crippen LogP contribution >= 0.6 is 0 Å². The van der Waals surface area contributed by atoms with E-state index in [1.165, 1.54) is 105 Å². The van der Waals surface area contributed by atoms with E-state index in [4.69, 9.17) is 0 Å². The maximum atomic E-state index is 2.51. The summed E-state index contributed by atoms with van der Waals surface area (Å²) in [5.41, 5.74) is 24.0. The summed E-state index contributed by atoms with van der Waals surface area (Å²) in [4.78, 5) is 2.41. The van der Waals surface area contributed by atoms with E-state index in [9.17, 15) is 0 Å². The van der Waals surface area contributed by atoms with Crippen molar-refractivity contribution < 1.29 is 0 Å². The average Bonchev–Trinajstić information content (AvgIpc) is 3.91. The maximum Gasteiger partial charge on any atom is 0.0742 e. The molecule has 1 aromatic heterocycles. The molecular formula is C70H50N2. The van der Waals surface area contributed by atoms with Crippen LogP contribution in [0.4, 0.5) is 17.1 Å². The van der Waals surface area contributed by atoms with Crippen LogP contribution < -0.4 is 4.90 Å². The average molecular weight is 919 g/mol. The fourth-order valence-electron chi connectivity index (χ4n) is 12.5. The molecule has 2 heterocycles. The number of fused-ring (bicyclic) bond motifs is 8. The van der Waals surface area contributed by atoms with Gasteiger partial charge in [-0.2, -0.15) is 0 Å². The van der Waals surface area contributed by atoms with Crippen LogP contribution in [-0.2, 0) is 10.8 Å². The lowest BCUT2D eigenvalue weighted by molar-refractivity contribution is 0.660. The Morgan fingerprint density at radius 3 is 1.43 bits per heavy atom. The van der Waals surface area contributed by atoms with Crippen molar-refractivity contribution in [3.8, 4) is 50.2 Å². The minimum Gasteiger partial charge on any atom is -0.310 e. The van der Waals surface area contributed by atoms with Gasteiger partial charge in [-0.1, -0.05) is 220 Å². The van der Waals surface area contributed by atoms with Gasteiger partial charge < -0.3 is 9.47 Å². The molecular weight excluding hydrogens is 869 g/mol. The molecule has 0 spiro atoms. The second-order valence-electron chi connectivity index (χ2n) is 20.0. The Kier molecular flexibility index (Phi) is 9.50. The van der Waals surface area contributed by atoms with Gasteiger partial charge >= 0.3 is 0 Å². The summed E-state index contributed by atoms with van der Waals surface area (Å²) in [6, 6.07) is 99.0. The molecule has 2 nitrogen and oxygen atoms in total. The van der Waals surface area contributed by atoms with Gasteiger partial charge in [-0.3, -0.25) is 0 Å². The second-order valence-corrected chi connectivity index (χ2v) is 20.0. The first-order valence-corrected chi connectivity index (χ1v) is 25.2. The molecule has 11 aromatic carbocycles. The Morgan fingerprint density at radius 2 is 0.792 bits per heavy atom. The summed E-state index contributed by atoms with van der Waals surface area (Å²) in [5, 5.41) is 2.52. The number of nitrogens with zero attached hydrogens (tertiary/aromatic N) is 2. The summed E-state index contributed by atoms with van der Waals surface area (Å²) in [5.74, 6) is 0. The van der Waals surface area contributed by atoms with E-state index in [-0.39, 0.29) is 5.41 Å². The number of hydrogen-bond acceptors (Lipinski definition) is 1. The number of hydrogen-bond donors (Lipinski definition) is 0. The van der Waals surface area contributed by atoms with Crippen molar-refractivity contribution in [2.45, 2.75) is 24.7 Å². The largest absolute Gasteiger partial charge is 0.310 e. The van der Waals surface area contributed by atoms with E-state index >= 15 is 0 Å². The number of benzene rings is 11. The zero-order valence-electron chi connectivity index (χ0n) is 40.3.